The molecule has 0 aromatic carbocycles. The highest BCUT2D eigenvalue weighted by Crippen LogP contribution is 2.18. The fourth-order valence-corrected chi connectivity index (χ4v) is 2.48. The van der Waals surface area contributed by atoms with Gasteiger partial charge in [0.1, 0.15) is 5.76 Å². The third kappa shape index (κ3) is 2.38. The smallest absolute Gasteiger partial charge is 0.248 e. The van der Waals surface area contributed by atoms with Crippen molar-refractivity contribution < 1.29 is 4.42 Å². The number of furan rings is 1. The van der Waals surface area contributed by atoms with Gasteiger partial charge in [0, 0.05) is 17.8 Å². The number of hydrogen-bond donors (Lipinski definition) is 2. The number of fused-ring (bicyclic) bond motifs is 1. The number of aromatic amines is 1. The van der Waals surface area contributed by atoms with Crippen LogP contribution in [0.3, 0.4) is 0 Å². The van der Waals surface area contributed by atoms with E-state index in [0.29, 0.717) is 6.04 Å². The van der Waals surface area contributed by atoms with Gasteiger partial charge in [0.05, 0.1) is 12.8 Å². The number of nitrogens with one attached hydrogen (secondary N) is 2. The molecule has 2 aromatic rings. The van der Waals surface area contributed by atoms with Gasteiger partial charge >= 0.3 is 0 Å². The SMILES string of the molecule is O=c1ccc2c([nH]1)CCC(NCc1ccco1)C2. The molecule has 0 aliphatic heterocycles. The summed E-state index contributed by atoms with van der Waals surface area (Å²) in [5.74, 6) is 0.960. The lowest BCUT2D eigenvalue weighted by atomic mass is 9.92. The molecule has 1 unspecified atom stereocenters. The second kappa shape index (κ2) is 4.82. The van der Waals surface area contributed by atoms with Crippen molar-refractivity contribution in [3.63, 3.8) is 0 Å². The molecule has 18 heavy (non-hydrogen) atoms. The van der Waals surface area contributed by atoms with Crippen molar-refractivity contribution in [2.45, 2.75) is 31.8 Å². The number of aromatic nitrogens is 1. The summed E-state index contributed by atoms with van der Waals surface area (Å²) in [6.45, 7) is 0.760. The third-order valence-electron chi connectivity index (χ3n) is 3.45. The molecular weight excluding hydrogens is 228 g/mol. The lowest BCUT2D eigenvalue weighted by Gasteiger charge is -2.24. The number of hydrogen-bond acceptors (Lipinski definition) is 3. The van der Waals surface area contributed by atoms with E-state index in [9.17, 15) is 4.79 Å². The Balaban J connectivity index is 1.64. The van der Waals surface area contributed by atoms with E-state index in [1.807, 2.05) is 18.2 Å². The van der Waals surface area contributed by atoms with Crippen molar-refractivity contribution in [1.29, 1.82) is 0 Å². The van der Waals surface area contributed by atoms with Gasteiger partial charge in [0.15, 0.2) is 0 Å². The predicted octanol–water partition coefficient (Wildman–Crippen LogP) is 1.61. The molecule has 2 N–H and O–H groups in total. The minimum atomic E-state index is -0.00394. The largest absolute Gasteiger partial charge is 0.468 e. The van der Waals surface area contributed by atoms with E-state index in [4.69, 9.17) is 4.42 Å². The van der Waals surface area contributed by atoms with Crippen LogP contribution in [0.15, 0.2) is 39.7 Å². The van der Waals surface area contributed by atoms with Gasteiger partial charge in [-0.1, -0.05) is 6.07 Å². The summed E-state index contributed by atoms with van der Waals surface area (Å²) in [5.41, 5.74) is 2.34. The first-order valence-electron chi connectivity index (χ1n) is 6.28. The Morgan fingerprint density at radius 2 is 2.33 bits per heavy atom. The molecule has 94 valence electrons. The molecule has 2 heterocycles. The fourth-order valence-electron chi connectivity index (χ4n) is 2.48. The van der Waals surface area contributed by atoms with Crippen LogP contribution in [0, 0.1) is 0 Å². The number of pyridine rings is 1. The Morgan fingerprint density at radius 3 is 3.17 bits per heavy atom. The van der Waals surface area contributed by atoms with Gasteiger partial charge < -0.3 is 14.7 Å². The molecule has 0 amide bonds. The first kappa shape index (κ1) is 11.3. The highest BCUT2D eigenvalue weighted by Gasteiger charge is 2.18. The maximum atomic E-state index is 11.2. The Bertz CT molecular complexity index is 572. The number of H-pyrrole nitrogens is 1. The molecule has 0 bridgehead atoms. The van der Waals surface area contributed by atoms with E-state index in [0.717, 1.165) is 37.3 Å². The molecule has 0 radical (unpaired) electrons. The zero-order valence-corrected chi connectivity index (χ0v) is 10.1. The minimum Gasteiger partial charge on any atom is -0.468 e. The number of aryl methyl sites for hydroxylation is 1. The van der Waals surface area contributed by atoms with Gasteiger partial charge in [0.25, 0.3) is 0 Å². The van der Waals surface area contributed by atoms with Gasteiger partial charge in [-0.15, -0.1) is 0 Å². The van der Waals surface area contributed by atoms with Crippen molar-refractivity contribution in [3.8, 4) is 0 Å². The molecule has 2 aromatic heterocycles. The first-order chi connectivity index (χ1) is 8.81. The van der Waals surface area contributed by atoms with Gasteiger partial charge in [-0.3, -0.25) is 4.79 Å². The monoisotopic (exact) mass is 244 g/mol. The molecule has 1 atom stereocenters. The van der Waals surface area contributed by atoms with Crippen LogP contribution in [0.1, 0.15) is 23.4 Å². The minimum absolute atomic E-state index is 0.00394. The normalized spacial score (nSPS) is 18.6. The molecule has 1 aliphatic rings. The van der Waals surface area contributed by atoms with Gasteiger partial charge in [0.2, 0.25) is 5.56 Å². The van der Waals surface area contributed by atoms with Gasteiger partial charge in [-0.2, -0.15) is 0 Å². The van der Waals surface area contributed by atoms with Crippen molar-refractivity contribution in [3.05, 3.63) is 57.9 Å². The molecule has 1 aliphatic carbocycles. The zero-order chi connectivity index (χ0) is 12.4. The lowest BCUT2D eigenvalue weighted by molar-refractivity contribution is 0.413. The molecule has 0 fully saturated rings. The summed E-state index contributed by atoms with van der Waals surface area (Å²) in [6.07, 6.45) is 4.64. The van der Waals surface area contributed by atoms with E-state index in [1.54, 1.807) is 12.3 Å². The summed E-state index contributed by atoms with van der Waals surface area (Å²) in [6, 6.07) is 7.87. The summed E-state index contributed by atoms with van der Waals surface area (Å²) in [5, 5.41) is 3.49. The summed E-state index contributed by atoms with van der Waals surface area (Å²) < 4.78 is 5.30. The summed E-state index contributed by atoms with van der Waals surface area (Å²) in [4.78, 5) is 14.1. The maximum absolute atomic E-state index is 11.2. The maximum Gasteiger partial charge on any atom is 0.248 e. The summed E-state index contributed by atoms with van der Waals surface area (Å²) in [7, 11) is 0. The van der Waals surface area contributed by atoms with Crippen LogP contribution in [0.2, 0.25) is 0 Å². The molecule has 3 rings (SSSR count). The van der Waals surface area contributed by atoms with E-state index in [-0.39, 0.29) is 5.56 Å². The Hall–Kier alpha value is -1.81. The average Bonchev–Trinajstić information content (AvgIpc) is 2.89. The van der Waals surface area contributed by atoms with Crippen LogP contribution in [-0.2, 0) is 19.4 Å². The second-order valence-electron chi connectivity index (χ2n) is 4.73. The van der Waals surface area contributed by atoms with Crippen LogP contribution in [0.5, 0.6) is 0 Å². The molecule has 4 nitrogen and oxygen atoms in total. The highest BCUT2D eigenvalue weighted by atomic mass is 16.3. The zero-order valence-electron chi connectivity index (χ0n) is 10.1. The van der Waals surface area contributed by atoms with Crippen molar-refractivity contribution >= 4 is 0 Å². The number of rotatable bonds is 3. The standard InChI is InChI=1S/C14H16N2O2/c17-14-6-3-10-8-11(4-5-13(10)16-14)15-9-12-2-1-7-18-12/h1-3,6-7,11,15H,4-5,8-9H2,(H,16,17). The first-order valence-corrected chi connectivity index (χ1v) is 6.28. The van der Waals surface area contributed by atoms with Crippen LogP contribution in [0.4, 0.5) is 0 Å². The van der Waals surface area contributed by atoms with Crippen LogP contribution in [-0.4, -0.2) is 11.0 Å². The van der Waals surface area contributed by atoms with E-state index in [2.05, 4.69) is 10.3 Å². The van der Waals surface area contributed by atoms with Crippen molar-refractivity contribution in [1.82, 2.24) is 10.3 Å². The average molecular weight is 244 g/mol. The van der Waals surface area contributed by atoms with Gasteiger partial charge in [-0.05, 0) is 37.0 Å². The lowest BCUT2D eigenvalue weighted by Crippen LogP contribution is -2.35. The highest BCUT2D eigenvalue weighted by molar-refractivity contribution is 5.24. The molecule has 4 heteroatoms. The van der Waals surface area contributed by atoms with Crippen molar-refractivity contribution in [2.75, 3.05) is 0 Å². The van der Waals surface area contributed by atoms with Crippen LogP contribution >= 0.6 is 0 Å². The Labute approximate surface area is 105 Å². The molecular formula is C14H16N2O2. The topological polar surface area (TPSA) is 58.0 Å². The summed E-state index contributed by atoms with van der Waals surface area (Å²) >= 11 is 0. The van der Waals surface area contributed by atoms with E-state index >= 15 is 0 Å². The van der Waals surface area contributed by atoms with Gasteiger partial charge in [-0.25, -0.2) is 0 Å². The second-order valence-corrected chi connectivity index (χ2v) is 4.73. The third-order valence-corrected chi connectivity index (χ3v) is 3.45. The fraction of sp³-hybridized carbons (Fsp3) is 0.357. The Kier molecular flexibility index (Phi) is 3.02. The molecule has 0 saturated heterocycles. The van der Waals surface area contributed by atoms with Crippen LogP contribution < -0.4 is 10.9 Å². The van der Waals surface area contributed by atoms with E-state index < -0.39 is 0 Å². The van der Waals surface area contributed by atoms with Crippen LogP contribution in [0.25, 0.3) is 0 Å². The Morgan fingerprint density at radius 1 is 1.39 bits per heavy atom. The molecule has 0 saturated carbocycles. The predicted molar refractivity (Wildman–Crippen MR) is 68.4 cm³/mol. The van der Waals surface area contributed by atoms with E-state index in [1.165, 1.54) is 5.56 Å². The van der Waals surface area contributed by atoms with Crippen molar-refractivity contribution in [2.24, 2.45) is 0 Å². The molecule has 0 spiro atoms. The quantitative estimate of drug-likeness (QED) is 0.862.